The molecule has 0 aliphatic heterocycles. The highest BCUT2D eigenvalue weighted by Crippen LogP contribution is 2.38. The Morgan fingerprint density at radius 1 is 1.06 bits per heavy atom. The molecule has 0 N–H and O–H groups in total. The van der Waals surface area contributed by atoms with Crippen molar-refractivity contribution in [3.63, 3.8) is 0 Å². The number of carbonyl (C=O) groups is 1. The standard InChI is InChI=1S/C15H9ClOS/c16-12-6-3-5-11(9-17)15(12)14-8-10-4-1-2-7-13(10)18-14/h1-9H. The minimum atomic E-state index is 0.617. The average Bonchev–Trinajstić information content (AvgIpc) is 2.81. The number of fused-ring (bicyclic) bond motifs is 1. The van der Waals surface area contributed by atoms with Gasteiger partial charge in [-0.15, -0.1) is 11.3 Å². The molecule has 0 bridgehead atoms. The highest BCUT2D eigenvalue weighted by Gasteiger charge is 2.11. The predicted octanol–water partition coefficient (Wildman–Crippen LogP) is 5.03. The molecule has 0 unspecified atom stereocenters. The summed E-state index contributed by atoms with van der Waals surface area (Å²) in [7, 11) is 0. The van der Waals surface area contributed by atoms with Crippen LogP contribution in [0.25, 0.3) is 20.5 Å². The molecule has 1 aromatic heterocycles. The second-order valence-corrected chi connectivity index (χ2v) is 5.46. The van der Waals surface area contributed by atoms with Crippen LogP contribution in [-0.4, -0.2) is 6.29 Å². The number of rotatable bonds is 2. The largest absolute Gasteiger partial charge is 0.298 e. The van der Waals surface area contributed by atoms with Gasteiger partial charge in [0, 0.05) is 25.7 Å². The molecule has 0 saturated heterocycles. The van der Waals surface area contributed by atoms with Gasteiger partial charge in [-0.1, -0.05) is 41.9 Å². The first-order valence-corrected chi connectivity index (χ1v) is 6.71. The second-order valence-electron chi connectivity index (χ2n) is 3.97. The molecular formula is C15H9ClOS. The molecule has 88 valence electrons. The Kier molecular flexibility index (Phi) is 2.90. The van der Waals surface area contributed by atoms with Crippen LogP contribution in [0.3, 0.4) is 0 Å². The Bertz CT molecular complexity index is 697. The monoisotopic (exact) mass is 272 g/mol. The summed E-state index contributed by atoms with van der Waals surface area (Å²) in [4.78, 5) is 12.1. The van der Waals surface area contributed by atoms with Crippen LogP contribution in [0.1, 0.15) is 10.4 Å². The number of thiophene rings is 1. The van der Waals surface area contributed by atoms with Gasteiger partial charge in [0.1, 0.15) is 0 Å². The summed E-state index contributed by atoms with van der Waals surface area (Å²) in [5.74, 6) is 0. The topological polar surface area (TPSA) is 17.1 Å². The molecule has 0 spiro atoms. The molecule has 0 radical (unpaired) electrons. The summed E-state index contributed by atoms with van der Waals surface area (Å²) < 4.78 is 1.20. The van der Waals surface area contributed by atoms with Crippen LogP contribution < -0.4 is 0 Å². The minimum absolute atomic E-state index is 0.617. The van der Waals surface area contributed by atoms with E-state index in [0.29, 0.717) is 10.6 Å². The smallest absolute Gasteiger partial charge is 0.150 e. The van der Waals surface area contributed by atoms with Crippen LogP contribution in [0.15, 0.2) is 48.5 Å². The number of aldehydes is 1. The molecule has 0 atom stereocenters. The van der Waals surface area contributed by atoms with E-state index in [0.717, 1.165) is 16.7 Å². The zero-order valence-electron chi connectivity index (χ0n) is 9.39. The quantitative estimate of drug-likeness (QED) is 0.598. The van der Waals surface area contributed by atoms with Gasteiger partial charge in [0.15, 0.2) is 6.29 Å². The molecule has 1 heterocycles. The summed E-state index contributed by atoms with van der Waals surface area (Å²) in [6.45, 7) is 0. The van der Waals surface area contributed by atoms with E-state index in [-0.39, 0.29) is 0 Å². The van der Waals surface area contributed by atoms with Gasteiger partial charge < -0.3 is 0 Å². The minimum Gasteiger partial charge on any atom is -0.298 e. The third-order valence-corrected chi connectivity index (χ3v) is 4.29. The summed E-state index contributed by atoms with van der Waals surface area (Å²) in [5, 5.41) is 1.79. The molecule has 2 aromatic carbocycles. The highest BCUT2D eigenvalue weighted by atomic mass is 35.5. The first kappa shape index (κ1) is 11.5. The number of hydrogen-bond donors (Lipinski definition) is 0. The molecule has 3 heteroatoms. The zero-order chi connectivity index (χ0) is 12.5. The predicted molar refractivity (Wildman–Crippen MR) is 77.7 cm³/mol. The Balaban J connectivity index is 2.29. The zero-order valence-corrected chi connectivity index (χ0v) is 11.0. The van der Waals surface area contributed by atoms with Crippen molar-refractivity contribution >= 4 is 39.3 Å². The fourth-order valence-corrected chi connectivity index (χ4v) is 3.49. The summed E-state index contributed by atoms with van der Waals surface area (Å²) in [6, 6.07) is 15.6. The van der Waals surface area contributed by atoms with E-state index in [4.69, 9.17) is 11.6 Å². The number of halogens is 1. The van der Waals surface area contributed by atoms with E-state index in [9.17, 15) is 4.79 Å². The van der Waals surface area contributed by atoms with E-state index in [1.165, 1.54) is 10.1 Å². The van der Waals surface area contributed by atoms with Crippen LogP contribution in [0.4, 0.5) is 0 Å². The van der Waals surface area contributed by atoms with Gasteiger partial charge >= 0.3 is 0 Å². The van der Waals surface area contributed by atoms with Gasteiger partial charge in [-0.05, 0) is 23.6 Å². The Hall–Kier alpha value is -1.64. The maximum Gasteiger partial charge on any atom is 0.150 e. The maximum atomic E-state index is 11.1. The number of benzene rings is 2. The van der Waals surface area contributed by atoms with Gasteiger partial charge in [0.25, 0.3) is 0 Å². The summed E-state index contributed by atoms with van der Waals surface area (Å²) in [5.41, 5.74) is 1.46. The molecule has 0 aliphatic carbocycles. The van der Waals surface area contributed by atoms with Gasteiger partial charge in [0.05, 0.1) is 0 Å². The van der Waals surface area contributed by atoms with Crippen molar-refractivity contribution in [2.45, 2.75) is 0 Å². The molecule has 3 rings (SSSR count). The molecule has 0 aliphatic rings. The van der Waals surface area contributed by atoms with Gasteiger partial charge in [-0.2, -0.15) is 0 Å². The Morgan fingerprint density at radius 3 is 2.67 bits per heavy atom. The lowest BCUT2D eigenvalue weighted by Crippen LogP contribution is -1.85. The SMILES string of the molecule is O=Cc1cccc(Cl)c1-c1cc2ccccc2s1. The van der Waals surface area contributed by atoms with Crippen molar-refractivity contribution in [2.75, 3.05) is 0 Å². The second kappa shape index (κ2) is 4.56. The first-order valence-electron chi connectivity index (χ1n) is 5.52. The third-order valence-electron chi connectivity index (χ3n) is 2.84. The van der Waals surface area contributed by atoms with Crippen LogP contribution in [0, 0.1) is 0 Å². The third kappa shape index (κ3) is 1.84. The van der Waals surface area contributed by atoms with Crippen LogP contribution in [0.2, 0.25) is 5.02 Å². The van der Waals surface area contributed by atoms with Gasteiger partial charge in [-0.3, -0.25) is 4.79 Å². The molecule has 0 fully saturated rings. The number of carbonyl (C=O) groups excluding carboxylic acids is 1. The van der Waals surface area contributed by atoms with E-state index in [1.807, 2.05) is 18.2 Å². The molecule has 0 amide bonds. The van der Waals surface area contributed by atoms with Crippen LogP contribution in [0.5, 0.6) is 0 Å². The maximum absolute atomic E-state index is 11.1. The van der Waals surface area contributed by atoms with Crippen molar-refractivity contribution in [1.29, 1.82) is 0 Å². The van der Waals surface area contributed by atoms with Crippen molar-refractivity contribution < 1.29 is 4.79 Å². The van der Waals surface area contributed by atoms with Crippen molar-refractivity contribution in [3.8, 4) is 10.4 Å². The molecule has 1 nitrogen and oxygen atoms in total. The van der Waals surface area contributed by atoms with E-state index in [2.05, 4.69) is 18.2 Å². The van der Waals surface area contributed by atoms with Crippen molar-refractivity contribution in [3.05, 3.63) is 59.1 Å². The Labute approximate surface area is 114 Å². The summed E-state index contributed by atoms with van der Waals surface area (Å²) in [6.07, 6.45) is 0.853. The van der Waals surface area contributed by atoms with E-state index in [1.54, 1.807) is 23.5 Å². The molecule has 3 aromatic rings. The lowest BCUT2D eigenvalue weighted by molar-refractivity contribution is 0.112. The van der Waals surface area contributed by atoms with E-state index >= 15 is 0 Å². The lowest BCUT2D eigenvalue weighted by Gasteiger charge is -2.03. The number of hydrogen-bond acceptors (Lipinski definition) is 2. The van der Waals surface area contributed by atoms with Crippen molar-refractivity contribution in [2.24, 2.45) is 0 Å². The van der Waals surface area contributed by atoms with E-state index < -0.39 is 0 Å². The van der Waals surface area contributed by atoms with Gasteiger partial charge in [0.2, 0.25) is 0 Å². The molecule has 18 heavy (non-hydrogen) atoms. The lowest BCUT2D eigenvalue weighted by atomic mass is 10.1. The summed E-state index contributed by atoms with van der Waals surface area (Å²) >= 11 is 7.87. The molecular weight excluding hydrogens is 264 g/mol. The average molecular weight is 273 g/mol. The fourth-order valence-electron chi connectivity index (χ4n) is 2.00. The highest BCUT2D eigenvalue weighted by molar-refractivity contribution is 7.22. The van der Waals surface area contributed by atoms with Crippen molar-refractivity contribution in [1.82, 2.24) is 0 Å². The van der Waals surface area contributed by atoms with Crippen LogP contribution in [-0.2, 0) is 0 Å². The van der Waals surface area contributed by atoms with Gasteiger partial charge in [-0.25, -0.2) is 0 Å². The van der Waals surface area contributed by atoms with Crippen LogP contribution >= 0.6 is 22.9 Å². The normalized spacial score (nSPS) is 10.7. The molecule has 0 saturated carbocycles. The fraction of sp³-hybridized carbons (Fsp3) is 0. The first-order chi connectivity index (χ1) is 8.79. The Morgan fingerprint density at radius 2 is 1.89 bits per heavy atom.